The maximum absolute atomic E-state index is 12.5. The number of carbonyl (C=O) groups excluding carboxylic acids is 2. The fraction of sp³-hybridized carbons (Fsp3) is 0.333. The Labute approximate surface area is 174 Å². The molecule has 1 fully saturated rings. The van der Waals surface area contributed by atoms with Crippen molar-refractivity contribution in [2.24, 2.45) is 5.92 Å². The first-order valence-corrected chi connectivity index (χ1v) is 9.78. The zero-order valence-electron chi connectivity index (χ0n) is 16.7. The van der Waals surface area contributed by atoms with Gasteiger partial charge in [0.2, 0.25) is 11.8 Å². The van der Waals surface area contributed by atoms with E-state index in [1.165, 1.54) is 6.07 Å². The van der Waals surface area contributed by atoms with Crippen LogP contribution in [0.1, 0.15) is 13.3 Å². The van der Waals surface area contributed by atoms with Crippen molar-refractivity contribution < 1.29 is 19.2 Å². The van der Waals surface area contributed by atoms with Gasteiger partial charge >= 0.3 is 0 Å². The molecule has 0 unspecified atom stereocenters. The molecule has 1 aliphatic heterocycles. The zero-order valence-corrected chi connectivity index (χ0v) is 16.7. The molecular formula is C21H24N4O5. The van der Waals surface area contributed by atoms with Crippen LogP contribution in [0.2, 0.25) is 0 Å². The van der Waals surface area contributed by atoms with Gasteiger partial charge in [-0.2, -0.15) is 0 Å². The molecule has 3 rings (SSSR count). The smallest absolute Gasteiger partial charge is 0.292 e. The van der Waals surface area contributed by atoms with Crippen molar-refractivity contribution >= 4 is 28.9 Å². The molecular weight excluding hydrogens is 388 g/mol. The predicted octanol–water partition coefficient (Wildman–Crippen LogP) is 2.57. The summed E-state index contributed by atoms with van der Waals surface area (Å²) in [5.41, 5.74) is 1.04. The maximum Gasteiger partial charge on any atom is 0.292 e. The Balaban J connectivity index is 1.53. The number of nitro groups is 1. The number of nitro benzene ring substituents is 1. The van der Waals surface area contributed by atoms with E-state index in [1.54, 1.807) is 35.2 Å². The normalized spacial score (nSPS) is 15.7. The molecule has 0 aromatic heterocycles. The van der Waals surface area contributed by atoms with Gasteiger partial charge in [0.15, 0.2) is 0 Å². The minimum atomic E-state index is -0.460. The molecule has 0 spiro atoms. The number of anilines is 2. The Hall–Kier alpha value is -3.62. The van der Waals surface area contributed by atoms with Gasteiger partial charge in [-0.05, 0) is 25.1 Å². The van der Waals surface area contributed by atoms with E-state index in [1.807, 2.05) is 19.1 Å². The first-order chi connectivity index (χ1) is 14.5. The van der Waals surface area contributed by atoms with Gasteiger partial charge in [-0.1, -0.05) is 24.3 Å². The van der Waals surface area contributed by atoms with Crippen LogP contribution >= 0.6 is 0 Å². The summed E-state index contributed by atoms with van der Waals surface area (Å²) in [7, 11) is 0. The van der Waals surface area contributed by atoms with Crippen LogP contribution in [0.5, 0.6) is 5.75 Å². The highest BCUT2D eigenvalue weighted by Crippen LogP contribution is 2.33. The third kappa shape index (κ3) is 4.86. The molecule has 1 atom stereocenters. The standard InChI is InChI=1S/C21H24N4O5/c1-2-30-19-10-6-5-9-18(19)24-14-15(13-20(24)26)21(27)23-12-11-22-16-7-3-4-8-17(16)25(28)29/h3-10,15,22H,2,11-14H2,1H3,(H,23,27)/t15-/m0/s1. The lowest BCUT2D eigenvalue weighted by molar-refractivity contribution is -0.384. The summed E-state index contributed by atoms with van der Waals surface area (Å²) in [6.45, 7) is 3.25. The first kappa shape index (κ1) is 21.1. The van der Waals surface area contributed by atoms with Crippen LogP contribution in [-0.2, 0) is 9.59 Å². The number of ether oxygens (including phenoxy) is 1. The second-order valence-electron chi connectivity index (χ2n) is 6.80. The summed E-state index contributed by atoms with van der Waals surface area (Å²) >= 11 is 0. The summed E-state index contributed by atoms with van der Waals surface area (Å²) < 4.78 is 5.59. The van der Waals surface area contributed by atoms with Crippen molar-refractivity contribution in [3.05, 3.63) is 58.6 Å². The minimum absolute atomic E-state index is 0.0196. The molecule has 0 saturated carbocycles. The molecule has 2 aromatic carbocycles. The van der Waals surface area contributed by atoms with Crippen LogP contribution in [0, 0.1) is 16.0 Å². The molecule has 2 N–H and O–H groups in total. The van der Waals surface area contributed by atoms with Crippen molar-refractivity contribution in [3.8, 4) is 5.75 Å². The summed E-state index contributed by atoms with van der Waals surface area (Å²) in [6, 6.07) is 13.6. The second kappa shape index (κ2) is 9.73. The highest BCUT2D eigenvalue weighted by molar-refractivity contribution is 6.01. The number of hydrogen-bond donors (Lipinski definition) is 2. The van der Waals surface area contributed by atoms with Gasteiger partial charge in [-0.25, -0.2) is 0 Å². The SMILES string of the molecule is CCOc1ccccc1N1C[C@@H](C(=O)NCCNc2ccccc2[N+](=O)[O-])CC1=O. The molecule has 0 aliphatic carbocycles. The minimum Gasteiger partial charge on any atom is -0.492 e. The molecule has 0 radical (unpaired) electrons. The van der Waals surface area contributed by atoms with Crippen molar-refractivity contribution in [2.45, 2.75) is 13.3 Å². The third-order valence-electron chi connectivity index (χ3n) is 4.79. The van der Waals surface area contributed by atoms with Crippen molar-refractivity contribution in [2.75, 3.05) is 36.5 Å². The average molecular weight is 412 g/mol. The van der Waals surface area contributed by atoms with E-state index < -0.39 is 10.8 Å². The first-order valence-electron chi connectivity index (χ1n) is 9.78. The Morgan fingerprint density at radius 1 is 1.20 bits per heavy atom. The van der Waals surface area contributed by atoms with Crippen molar-refractivity contribution in [1.29, 1.82) is 0 Å². The Morgan fingerprint density at radius 3 is 2.70 bits per heavy atom. The maximum atomic E-state index is 12.5. The molecule has 30 heavy (non-hydrogen) atoms. The molecule has 1 aliphatic rings. The number of amides is 2. The lowest BCUT2D eigenvalue weighted by Crippen LogP contribution is -2.35. The quantitative estimate of drug-likeness (QED) is 0.372. The Bertz CT molecular complexity index is 933. The summed E-state index contributed by atoms with van der Waals surface area (Å²) in [5, 5.41) is 16.8. The van der Waals surface area contributed by atoms with Crippen LogP contribution in [0.4, 0.5) is 17.1 Å². The van der Waals surface area contributed by atoms with Crippen LogP contribution in [0.3, 0.4) is 0 Å². The Kier molecular flexibility index (Phi) is 6.84. The topological polar surface area (TPSA) is 114 Å². The third-order valence-corrected chi connectivity index (χ3v) is 4.79. The summed E-state index contributed by atoms with van der Waals surface area (Å²) in [6.07, 6.45) is 0.129. The average Bonchev–Trinajstić information content (AvgIpc) is 3.13. The molecule has 2 amide bonds. The molecule has 9 heteroatoms. The van der Waals surface area contributed by atoms with Gasteiger partial charge in [0.05, 0.1) is 23.1 Å². The van der Waals surface area contributed by atoms with E-state index in [4.69, 9.17) is 4.74 Å². The van der Waals surface area contributed by atoms with E-state index >= 15 is 0 Å². The molecule has 2 aromatic rings. The number of nitrogens with one attached hydrogen (secondary N) is 2. The largest absolute Gasteiger partial charge is 0.492 e. The Morgan fingerprint density at radius 2 is 1.93 bits per heavy atom. The van der Waals surface area contributed by atoms with Gasteiger partial charge in [-0.15, -0.1) is 0 Å². The van der Waals surface area contributed by atoms with Gasteiger partial charge in [0.1, 0.15) is 11.4 Å². The highest BCUT2D eigenvalue weighted by atomic mass is 16.6. The fourth-order valence-corrected chi connectivity index (χ4v) is 3.38. The molecule has 9 nitrogen and oxygen atoms in total. The van der Waals surface area contributed by atoms with Gasteiger partial charge in [0, 0.05) is 32.1 Å². The fourth-order valence-electron chi connectivity index (χ4n) is 3.38. The lowest BCUT2D eigenvalue weighted by Gasteiger charge is -2.20. The number of rotatable bonds is 9. The predicted molar refractivity (Wildman–Crippen MR) is 113 cm³/mol. The van der Waals surface area contributed by atoms with Crippen molar-refractivity contribution in [1.82, 2.24) is 5.32 Å². The summed E-state index contributed by atoms with van der Waals surface area (Å²) in [5.74, 6) is -0.189. The van der Waals surface area contributed by atoms with Crippen molar-refractivity contribution in [3.63, 3.8) is 0 Å². The molecule has 1 heterocycles. The van der Waals surface area contributed by atoms with Crippen LogP contribution in [0.25, 0.3) is 0 Å². The molecule has 1 saturated heterocycles. The van der Waals surface area contributed by atoms with Gasteiger partial charge < -0.3 is 20.3 Å². The van der Waals surface area contributed by atoms with E-state index in [0.29, 0.717) is 30.3 Å². The van der Waals surface area contributed by atoms with Crippen LogP contribution in [0.15, 0.2) is 48.5 Å². The van der Waals surface area contributed by atoms with Crippen LogP contribution in [-0.4, -0.2) is 43.0 Å². The molecule has 0 bridgehead atoms. The summed E-state index contributed by atoms with van der Waals surface area (Å²) in [4.78, 5) is 37.1. The highest BCUT2D eigenvalue weighted by Gasteiger charge is 2.36. The zero-order chi connectivity index (χ0) is 21.5. The van der Waals surface area contributed by atoms with E-state index in [2.05, 4.69) is 10.6 Å². The van der Waals surface area contributed by atoms with E-state index in [9.17, 15) is 19.7 Å². The monoisotopic (exact) mass is 412 g/mol. The van der Waals surface area contributed by atoms with E-state index in [-0.39, 0.29) is 37.0 Å². The molecule has 158 valence electrons. The number of benzene rings is 2. The lowest BCUT2D eigenvalue weighted by atomic mass is 10.1. The number of hydrogen-bond acceptors (Lipinski definition) is 6. The van der Waals surface area contributed by atoms with Crippen LogP contribution < -0.4 is 20.3 Å². The number of nitrogens with zero attached hydrogens (tertiary/aromatic N) is 2. The number of para-hydroxylation sites is 4. The number of carbonyl (C=O) groups is 2. The second-order valence-corrected chi connectivity index (χ2v) is 6.80. The van der Waals surface area contributed by atoms with E-state index in [0.717, 1.165) is 0 Å². The van der Waals surface area contributed by atoms with Gasteiger partial charge in [0.25, 0.3) is 5.69 Å². The van der Waals surface area contributed by atoms with Gasteiger partial charge in [-0.3, -0.25) is 19.7 Å².